The van der Waals surface area contributed by atoms with Crippen molar-refractivity contribution in [3.05, 3.63) is 0 Å². The van der Waals surface area contributed by atoms with E-state index < -0.39 is 0 Å². The average molecular weight is 332 g/mol. The Hall–Kier alpha value is -0.0800. The Morgan fingerprint density at radius 1 is 0.833 bits per heavy atom. The van der Waals surface area contributed by atoms with Crippen LogP contribution in [0, 0.1) is 35.0 Å². The molecule has 4 saturated carbocycles. The Morgan fingerprint density at radius 3 is 2.54 bits per heavy atom. The van der Waals surface area contributed by atoms with E-state index in [1.54, 1.807) is 32.1 Å². The van der Waals surface area contributed by atoms with Crippen molar-refractivity contribution in [2.45, 2.75) is 77.2 Å². The third kappa shape index (κ3) is 2.58. The van der Waals surface area contributed by atoms with Gasteiger partial charge in [0.1, 0.15) is 0 Å². The minimum absolute atomic E-state index is 0.728. The van der Waals surface area contributed by atoms with E-state index in [0.717, 1.165) is 54.3 Å². The molecule has 2 nitrogen and oxygen atoms in total. The summed E-state index contributed by atoms with van der Waals surface area (Å²) < 4.78 is 5.60. The highest BCUT2D eigenvalue weighted by Gasteiger charge is 2.53. The number of hydrogen-bond donors (Lipinski definition) is 0. The molecular formula is C22H37NO. The Kier molecular flexibility index (Phi) is 4.21. The largest absolute Gasteiger partial charge is 0.379 e. The second kappa shape index (κ2) is 6.27. The number of fused-ring (bicyclic) bond motifs is 5. The summed E-state index contributed by atoms with van der Waals surface area (Å²) in [5.41, 5.74) is 0.728. The van der Waals surface area contributed by atoms with Crippen LogP contribution in [0.4, 0.5) is 0 Å². The fourth-order valence-electron chi connectivity index (χ4n) is 8.07. The topological polar surface area (TPSA) is 12.5 Å². The molecule has 1 aliphatic heterocycles. The maximum atomic E-state index is 5.60. The second-order valence-electron chi connectivity index (χ2n) is 10.1. The molecule has 0 N–H and O–H groups in total. The van der Waals surface area contributed by atoms with Crippen LogP contribution >= 0.6 is 0 Å². The fourth-order valence-corrected chi connectivity index (χ4v) is 8.07. The van der Waals surface area contributed by atoms with E-state index in [1.165, 1.54) is 45.2 Å². The fraction of sp³-hybridized carbons (Fsp3) is 1.00. The zero-order valence-corrected chi connectivity index (χ0v) is 15.7. The van der Waals surface area contributed by atoms with E-state index >= 15 is 0 Å². The van der Waals surface area contributed by atoms with Gasteiger partial charge < -0.3 is 4.74 Å². The molecule has 1 saturated heterocycles. The summed E-state index contributed by atoms with van der Waals surface area (Å²) in [6.07, 6.45) is 15.4. The van der Waals surface area contributed by atoms with Crippen LogP contribution < -0.4 is 0 Å². The van der Waals surface area contributed by atoms with Crippen LogP contribution in [0.1, 0.15) is 71.1 Å². The highest BCUT2D eigenvalue weighted by Crippen LogP contribution is 2.62. The quantitative estimate of drug-likeness (QED) is 0.689. The number of rotatable bonds is 1. The van der Waals surface area contributed by atoms with E-state index in [9.17, 15) is 0 Å². The zero-order valence-electron chi connectivity index (χ0n) is 15.7. The summed E-state index contributed by atoms with van der Waals surface area (Å²) in [4.78, 5) is 2.78. The Morgan fingerprint density at radius 2 is 1.67 bits per heavy atom. The van der Waals surface area contributed by atoms with Gasteiger partial charge in [-0.3, -0.25) is 4.90 Å². The molecule has 4 aliphatic carbocycles. The summed E-state index contributed by atoms with van der Waals surface area (Å²) in [5.74, 6) is 5.41. The molecule has 0 aromatic rings. The Balaban J connectivity index is 1.32. The molecule has 1 unspecified atom stereocenters. The van der Waals surface area contributed by atoms with Gasteiger partial charge in [0.05, 0.1) is 13.2 Å². The molecule has 0 amide bonds. The molecule has 24 heavy (non-hydrogen) atoms. The van der Waals surface area contributed by atoms with Gasteiger partial charge >= 0.3 is 0 Å². The van der Waals surface area contributed by atoms with Crippen molar-refractivity contribution in [2.75, 3.05) is 26.3 Å². The van der Waals surface area contributed by atoms with Gasteiger partial charge in [0.25, 0.3) is 0 Å². The number of hydrogen-bond acceptors (Lipinski definition) is 2. The molecule has 5 aliphatic rings. The minimum Gasteiger partial charge on any atom is -0.379 e. The maximum absolute atomic E-state index is 5.60. The van der Waals surface area contributed by atoms with E-state index in [2.05, 4.69) is 11.8 Å². The summed E-state index contributed by atoms with van der Waals surface area (Å²) in [6, 6.07) is 0.880. The van der Waals surface area contributed by atoms with Crippen molar-refractivity contribution in [3.63, 3.8) is 0 Å². The third-order valence-electron chi connectivity index (χ3n) is 9.28. The molecule has 5 fully saturated rings. The van der Waals surface area contributed by atoms with Crippen molar-refractivity contribution >= 4 is 0 Å². The Labute approximate surface area is 148 Å². The van der Waals surface area contributed by atoms with Crippen molar-refractivity contribution in [1.82, 2.24) is 4.90 Å². The lowest BCUT2D eigenvalue weighted by Crippen LogP contribution is -2.52. The van der Waals surface area contributed by atoms with Crippen molar-refractivity contribution < 1.29 is 4.74 Å². The van der Waals surface area contributed by atoms with Crippen LogP contribution in [0.5, 0.6) is 0 Å². The molecule has 2 heteroatoms. The van der Waals surface area contributed by atoms with E-state index in [-0.39, 0.29) is 0 Å². The van der Waals surface area contributed by atoms with Gasteiger partial charge in [-0.25, -0.2) is 0 Å². The first-order valence-electron chi connectivity index (χ1n) is 11.1. The predicted molar refractivity (Wildman–Crippen MR) is 97.9 cm³/mol. The first kappa shape index (κ1) is 16.1. The lowest BCUT2D eigenvalue weighted by molar-refractivity contribution is -0.0718. The smallest absolute Gasteiger partial charge is 0.0594 e. The van der Waals surface area contributed by atoms with Gasteiger partial charge in [-0.15, -0.1) is 0 Å². The minimum atomic E-state index is 0.728. The lowest BCUT2D eigenvalue weighted by Gasteiger charge is -2.56. The highest BCUT2D eigenvalue weighted by molar-refractivity contribution is 5.04. The molecule has 136 valence electrons. The number of morpholine rings is 1. The first-order chi connectivity index (χ1) is 11.7. The summed E-state index contributed by atoms with van der Waals surface area (Å²) in [5, 5.41) is 0. The normalized spacial score (nSPS) is 52.4. The third-order valence-corrected chi connectivity index (χ3v) is 9.28. The van der Waals surface area contributed by atoms with Crippen LogP contribution in [0.25, 0.3) is 0 Å². The van der Waals surface area contributed by atoms with Gasteiger partial charge in [0.2, 0.25) is 0 Å². The lowest BCUT2D eigenvalue weighted by atomic mass is 9.50. The second-order valence-corrected chi connectivity index (χ2v) is 10.1. The summed E-state index contributed by atoms with van der Waals surface area (Å²) in [7, 11) is 0. The van der Waals surface area contributed by atoms with Crippen LogP contribution in [0.2, 0.25) is 0 Å². The Bertz CT molecular complexity index is 459. The van der Waals surface area contributed by atoms with Crippen LogP contribution in [0.3, 0.4) is 0 Å². The zero-order chi connectivity index (χ0) is 16.1. The SMILES string of the molecule is C[C@@]12CCC[C@H]1[C@@H]1CCC3CC[C@@H](N4CCOCC4)C[C@@H]3[C@H]1CC2. The molecular weight excluding hydrogens is 294 g/mol. The van der Waals surface area contributed by atoms with Crippen molar-refractivity contribution in [1.29, 1.82) is 0 Å². The van der Waals surface area contributed by atoms with E-state index in [1.807, 2.05) is 0 Å². The number of ether oxygens (including phenoxy) is 1. The molecule has 5 rings (SSSR count). The summed E-state index contributed by atoms with van der Waals surface area (Å²) >= 11 is 0. The maximum Gasteiger partial charge on any atom is 0.0594 e. The van der Waals surface area contributed by atoms with Gasteiger partial charge in [-0.2, -0.15) is 0 Å². The molecule has 0 bridgehead atoms. The molecule has 1 heterocycles. The van der Waals surface area contributed by atoms with E-state index in [4.69, 9.17) is 4.74 Å². The monoisotopic (exact) mass is 331 g/mol. The van der Waals surface area contributed by atoms with Crippen molar-refractivity contribution in [2.24, 2.45) is 35.0 Å². The molecule has 0 radical (unpaired) electrons. The first-order valence-corrected chi connectivity index (χ1v) is 11.1. The van der Waals surface area contributed by atoms with Crippen LogP contribution in [0.15, 0.2) is 0 Å². The number of nitrogens with zero attached hydrogens (tertiary/aromatic N) is 1. The highest BCUT2D eigenvalue weighted by atomic mass is 16.5. The van der Waals surface area contributed by atoms with Crippen molar-refractivity contribution in [3.8, 4) is 0 Å². The van der Waals surface area contributed by atoms with Gasteiger partial charge in [0.15, 0.2) is 0 Å². The average Bonchev–Trinajstić information content (AvgIpc) is 3.03. The molecule has 0 spiro atoms. The van der Waals surface area contributed by atoms with Crippen LogP contribution in [-0.2, 0) is 4.74 Å². The van der Waals surface area contributed by atoms with Gasteiger partial charge in [0, 0.05) is 19.1 Å². The molecule has 0 aromatic carbocycles. The van der Waals surface area contributed by atoms with Crippen LogP contribution in [-0.4, -0.2) is 37.2 Å². The van der Waals surface area contributed by atoms with Gasteiger partial charge in [-0.05, 0) is 92.8 Å². The molecule has 0 aromatic heterocycles. The summed E-state index contributed by atoms with van der Waals surface area (Å²) in [6.45, 7) is 6.96. The standard InChI is InChI=1S/C22H37NO/c1-22-9-2-3-21(22)19-7-5-16-4-6-17(23-11-13-24-14-12-23)15-20(16)18(19)8-10-22/h16-21H,2-15H2,1H3/t16?,17-,18+,19-,20+,21+,22+/m1/s1. The van der Waals surface area contributed by atoms with Gasteiger partial charge in [-0.1, -0.05) is 13.3 Å². The molecule has 7 atom stereocenters. The predicted octanol–water partition coefficient (Wildman–Crippen LogP) is 4.73. The van der Waals surface area contributed by atoms with E-state index in [0.29, 0.717) is 0 Å².